The number of nitrogens with one attached hydrogen (secondary N) is 1. The molecule has 3 rings (SSSR count). The molecule has 0 radical (unpaired) electrons. The molecule has 0 bridgehead atoms. The normalized spacial score (nSPS) is 11.2. The topological polar surface area (TPSA) is 142 Å². The second kappa shape index (κ2) is 7.92. The molecule has 0 unspecified atom stereocenters. The first-order valence-corrected chi connectivity index (χ1v) is 9.74. The third kappa shape index (κ3) is 4.44. The minimum Gasteiger partial charge on any atom is -0.495 e. The Balaban J connectivity index is 1.74. The van der Waals surface area contributed by atoms with Crippen LogP contribution in [0.4, 0.5) is 5.69 Å². The average Bonchev–Trinajstić information content (AvgIpc) is 3.09. The second-order valence-electron chi connectivity index (χ2n) is 5.58. The fourth-order valence-corrected chi connectivity index (χ4v) is 3.31. The Hall–Kier alpha value is -3.02. The third-order valence-electron chi connectivity index (χ3n) is 3.61. The van der Waals surface area contributed by atoms with Gasteiger partial charge in [0.2, 0.25) is 21.8 Å². The fourth-order valence-electron chi connectivity index (χ4n) is 2.37. The Labute approximate surface area is 165 Å². The van der Waals surface area contributed by atoms with Gasteiger partial charge in [-0.05, 0) is 35.5 Å². The van der Waals surface area contributed by atoms with Gasteiger partial charge in [-0.25, -0.2) is 13.6 Å². The summed E-state index contributed by atoms with van der Waals surface area (Å²) in [5.41, 5.74) is 0.810. The molecule has 0 saturated heterocycles. The van der Waals surface area contributed by atoms with Crippen LogP contribution in [0.15, 0.2) is 47.4 Å². The highest BCUT2D eigenvalue weighted by atomic mass is 35.5. The van der Waals surface area contributed by atoms with Crippen LogP contribution in [0.2, 0.25) is 5.02 Å². The zero-order valence-corrected chi connectivity index (χ0v) is 16.1. The van der Waals surface area contributed by atoms with Crippen LogP contribution in [0, 0.1) is 0 Å². The summed E-state index contributed by atoms with van der Waals surface area (Å²) in [4.78, 5) is 13.1. The Bertz CT molecular complexity index is 1130. The summed E-state index contributed by atoms with van der Waals surface area (Å²) in [6.07, 6.45) is 0. The lowest BCUT2D eigenvalue weighted by Crippen LogP contribution is -2.21. The number of carbonyl (C=O) groups excluding carboxylic acids is 1. The first-order valence-electron chi connectivity index (χ1n) is 7.81. The van der Waals surface area contributed by atoms with Gasteiger partial charge in [0.15, 0.2) is 0 Å². The molecule has 10 nitrogen and oxygen atoms in total. The van der Waals surface area contributed by atoms with Crippen molar-refractivity contribution in [3.05, 3.63) is 47.5 Å². The molecule has 1 aromatic heterocycles. The van der Waals surface area contributed by atoms with Gasteiger partial charge in [0.1, 0.15) is 17.2 Å². The molecule has 0 fully saturated rings. The van der Waals surface area contributed by atoms with Gasteiger partial charge in [0, 0.05) is 11.3 Å². The lowest BCUT2D eigenvalue weighted by atomic mass is 10.2. The van der Waals surface area contributed by atoms with Gasteiger partial charge < -0.3 is 10.1 Å². The van der Waals surface area contributed by atoms with E-state index in [0.717, 1.165) is 4.80 Å². The van der Waals surface area contributed by atoms with Crippen molar-refractivity contribution in [1.29, 1.82) is 0 Å². The zero-order chi connectivity index (χ0) is 20.3. The van der Waals surface area contributed by atoms with Gasteiger partial charge in [-0.2, -0.15) is 4.80 Å². The second-order valence-corrected chi connectivity index (χ2v) is 7.52. The minimum absolute atomic E-state index is 0.0721. The van der Waals surface area contributed by atoms with Crippen molar-refractivity contribution >= 4 is 33.2 Å². The predicted octanol–water partition coefficient (Wildman–Crippen LogP) is 1.29. The number of hydrogen-bond donors (Lipinski definition) is 2. The number of rotatable bonds is 6. The van der Waals surface area contributed by atoms with E-state index in [-0.39, 0.29) is 28.7 Å². The van der Waals surface area contributed by atoms with Crippen LogP contribution in [-0.2, 0) is 21.4 Å². The van der Waals surface area contributed by atoms with Gasteiger partial charge >= 0.3 is 0 Å². The van der Waals surface area contributed by atoms with Crippen LogP contribution in [0.1, 0.15) is 0 Å². The lowest BCUT2D eigenvalue weighted by molar-refractivity contribution is -0.117. The molecule has 28 heavy (non-hydrogen) atoms. The number of primary sulfonamides is 1. The number of methoxy groups -OCH3 is 1. The van der Waals surface area contributed by atoms with Crippen LogP contribution < -0.4 is 15.2 Å². The van der Waals surface area contributed by atoms with E-state index in [1.54, 1.807) is 24.3 Å². The average molecular weight is 423 g/mol. The van der Waals surface area contributed by atoms with E-state index < -0.39 is 15.9 Å². The quantitative estimate of drug-likeness (QED) is 0.609. The summed E-state index contributed by atoms with van der Waals surface area (Å²) in [5, 5.41) is 20.0. The van der Waals surface area contributed by atoms with Crippen LogP contribution in [0.25, 0.3) is 11.4 Å². The van der Waals surface area contributed by atoms with Crippen molar-refractivity contribution in [2.24, 2.45) is 5.14 Å². The van der Waals surface area contributed by atoms with Crippen molar-refractivity contribution in [3.63, 3.8) is 0 Å². The number of anilines is 1. The molecule has 146 valence electrons. The highest BCUT2D eigenvalue weighted by molar-refractivity contribution is 7.89. The van der Waals surface area contributed by atoms with E-state index in [2.05, 4.69) is 20.7 Å². The number of nitrogens with two attached hydrogens (primary N) is 1. The summed E-state index contributed by atoms with van der Waals surface area (Å²) in [5.74, 6) is -0.143. The Morgan fingerprint density at radius 3 is 2.71 bits per heavy atom. The molecule has 12 heteroatoms. The lowest BCUT2D eigenvalue weighted by Gasteiger charge is -2.10. The van der Waals surface area contributed by atoms with E-state index in [4.69, 9.17) is 21.5 Å². The molecule has 0 spiro atoms. The van der Waals surface area contributed by atoms with Crippen molar-refractivity contribution in [2.75, 3.05) is 12.4 Å². The molecular formula is C16H15ClN6O4S. The van der Waals surface area contributed by atoms with Gasteiger partial charge in [-0.1, -0.05) is 23.7 Å². The Morgan fingerprint density at radius 2 is 2.04 bits per heavy atom. The molecule has 0 aliphatic carbocycles. The third-order valence-corrected chi connectivity index (χ3v) is 4.87. The van der Waals surface area contributed by atoms with Gasteiger partial charge in [-0.15, -0.1) is 10.2 Å². The van der Waals surface area contributed by atoms with Crippen molar-refractivity contribution in [2.45, 2.75) is 11.4 Å². The van der Waals surface area contributed by atoms with Gasteiger partial charge in [-0.3, -0.25) is 4.79 Å². The number of hydrogen-bond acceptors (Lipinski definition) is 7. The SMILES string of the molecule is COc1ccc(NC(=O)Cn2nnc(-c3ccccc3Cl)n2)cc1S(N)(=O)=O. The van der Waals surface area contributed by atoms with Crippen LogP contribution in [0.5, 0.6) is 5.75 Å². The number of carbonyl (C=O) groups is 1. The van der Waals surface area contributed by atoms with Crippen LogP contribution in [0.3, 0.4) is 0 Å². The maximum absolute atomic E-state index is 12.2. The molecule has 2 aromatic carbocycles. The monoisotopic (exact) mass is 422 g/mol. The van der Waals surface area contributed by atoms with E-state index in [9.17, 15) is 13.2 Å². The number of ether oxygens (including phenoxy) is 1. The number of nitrogens with zero attached hydrogens (tertiary/aromatic N) is 4. The molecule has 3 aromatic rings. The summed E-state index contributed by atoms with van der Waals surface area (Å²) in [7, 11) is -2.71. The first kappa shape index (κ1) is 19.7. The highest BCUT2D eigenvalue weighted by Crippen LogP contribution is 2.26. The molecule has 3 N–H and O–H groups in total. The van der Waals surface area contributed by atoms with Crippen molar-refractivity contribution in [1.82, 2.24) is 20.2 Å². The maximum atomic E-state index is 12.2. The Morgan fingerprint density at radius 1 is 1.29 bits per heavy atom. The van der Waals surface area contributed by atoms with E-state index in [1.165, 1.54) is 25.3 Å². The van der Waals surface area contributed by atoms with Crippen molar-refractivity contribution in [3.8, 4) is 17.1 Å². The Kier molecular flexibility index (Phi) is 5.58. The molecule has 1 heterocycles. The fraction of sp³-hybridized carbons (Fsp3) is 0.125. The number of sulfonamides is 1. The van der Waals surface area contributed by atoms with E-state index >= 15 is 0 Å². The molecule has 0 atom stereocenters. The highest BCUT2D eigenvalue weighted by Gasteiger charge is 2.17. The summed E-state index contributed by atoms with van der Waals surface area (Å²) in [6, 6.07) is 11.0. The molecular weight excluding hydrogens is 408 g/mol. The largest absolute Gasteiger partial charge is 0.495 e. The van der Waals surface area contributed by atoms with E-state index in [0.29, 0.717) is 10.6 Å². The number of halogens is 1. The van der Waals surface area contributed by atoms with E-state index in [1.807, 2.05) is 0 Å². The van der Waals surface area contributed by atoms with Crippen LogP contribution >= 0.6 is 11.6 Å². The summed E-state index contributed by atoms with van der Waals surface area (Å²) < 4.78 is 28.3. The molecule has 0 aliphatic rings. The predicted molar refractivity (Wildman–Crippen MR) is 101 cm³/mol. The van der Waals surface area contributed by atoms with Gasteiger partial charge in [0.25, 0.3) is 0 Å². The molecule has 0 aliphatic heterocycles. The van der Waals surface area contributed by atoms with Crippen LogP contribution in [-0.4, -0.2) is 41.6 Å². The number of amides is 1. The molecule has 0 saturated carbocycles. The molecule has 1 amide bonds. The smallest absolute Gasteiger partial charge is 0.248 e. The standard InChI is InChI=1S/C16H15ClN6O4S/c1-27-13-7-6-10(8-14(13)28(18,25)26)19-15(24)9-23-21-16(20-22-23)11-4-2-3-5-12(11)17/h2-8H,9H2,1H3,(H,19,24)(H2,18,25,26). The van der Waals surface area contributed by atoms with Crippen molar-refractivity contribution < 1.29 is 17.9 Å². The number of benzene rings is 2. The minimum atomic E-state index is -4.02. The number of tetrazole rings is 1. The maximum Gasteiger partial charge on any atom is 0.248 e. The number of aromatic nitrogens is 4. The zero-order valence-electron chi connectivity index (χ0n) is 14.5. The summed E-state index contributed by atoms with van der Waals surface area (Å²) in [6.45, 7) is -0.242. The summed E-state index contributed by atoms with van der Waals surface area (Å²) >= 11 is 6.09. The van der Waals surface area contributed by atoms with Gasteiger partial charge in [0.05, 0.1) is 12.1 Å². The first-order chi connectivity index (χ1) is 13.3.